The zero-order chi connectivity index (χ0) is 15.0. The van der Waals surface area contributed by atoms with E-state index in [1.807, 2.05) is 24.3 Å². The molecule has 1 unspecified atom stereocenters. The van der Waals surface area contributed by atoms with Gasteiger partial charge in [-0.25, -0.2) is 0 Å². The van der Waals surface area contributed by atoms with Crippen LogP contribution in [0.5, 0.6) is 5.75 Å². The van der Waals surface area contributed by atoms with Crippen molar-refractivity contribution in [2.75, 3.05) is 13.2 Å². The zero-order valence-electron chi connectivity index (χ0n) is 11.8. The molecule has 20 heavy (non-hydrogen) atoms. The number of carboxylic acids is 1. The Balaban J connectivity index is 2.23. The van der Waals surface area contributed by atoms with Gasteiger partial charge < -0.3 is 20.7 Å². The van der Waals surface area contributed by atoms with Crippen molar-refractivity contribution in [1.29, 1.82) is 0 Å². The first-order chi connectivity index (χ1) is 9.45. The first-order valence-corrected chi connectivity index (χ1v) is 6.80. The topological polar surface area (TPSA) is 92.8 Å². The number of carboxylic acid groups (broad SMARTS) is 1. The molecule has 1 atom stereocenters. The van der Waals surface area contributed by atoms with E-state index in [4.69, 9.17) is 20.7 Å². The van der Waals surface area contributed by atoms with Gasteiger partial charge in [-0.1, -0.05) is 12.1 Å². The van der Waals surface area contributed by atoms with E-state index in [-0.39, 0.29) is 6.61 Å². The molecule has 1 rings (SSSR count). The van der Waals surface area contributed by atoms with Gasteiger partial charge in [-0.3, -0.25) is 4.79 Å². The Morgan fingerprint density at radius 2 is 1.95 bits per heavy atom. The Bertz CT molecular complexity index is 414. The number of unbranched alkanes of at least 4 members (excludes halogenated alkanes) is 1. The largest absolute Gasteiger partial charge is 0.494 e. The van der Waals surface area contributed by atoms with Gasteiger partial charge in [0.15, 0.2) is 0 Å². The molecule has 5 heteroatoms. The van der Waals surface area contributed by atoms with Crippen LogP contribution in [0.2, 0.25) is 0 Å². The van der Waals surface area contributed by atoms with Gasteiger partial charge in [0.1, 0.15) is 11.3 Å². The number of ether oxygens (including phenoxy) is 1. The molecule has 0 heterocycles. The highest BCUT2D eigenvalue weighted by atomic mass is 16.5. The normalized spacial score (nSPS) is 13.8. The Morgan fingerprint density at radius 1 is 1.30 bits per heavy atom. The van der Waals surface area contributed by atoms with Crippen LogP contribution in [0.3, 0.4) is 0 Å². The molecule has 1 aromatic rings. The van der Waals surface area contributed by atoms with Crippen LogP contribution in [-0.2, 0) is 11.2 Å². The molecular formula is C15H23NO4. The monoisotopic (exact) mass is 281 g/mol. The van der Waals surface area contributed by atoms with Gasteiger partial charge in [-0.15, -0.1) is 0 Å². The fourth-order valence-electron chi connectivity index (χ4n) is 1.77. The third-order valence-electron chi connectivity index (χ3n) is 3.17. The summed E-state index contributed by atoms with van der Waals surface area (Å²) in [6.45, 7) is 2.20. The number of rotatable bonds is 9. The van der Waals surface area contributed by atoms with Crippen LogP contribution in [0.4, 0.5) is 0 Å². The summed E-state index contributed by atoms with van der Waals surface area (Å²) in [4.78, 5) is 10.8. The summed E-state index contributed by atoms with van der Waals surface area (Å²) in [7, 11) is 0. The van der Waals surface area contributed by atoms with E-state index in [1.54, 1.807) is 0 Å². The van der Waals surface area contributed by atoms with Crippen molar-refractivity contribution >= 4 is 5.97 Å². The molecule has 0 radical (unpaired) electrons. The van der Waals surface area contributed by atoms with Crippen LogP contribution in [0.1, 0.15) is 31.7 Å². The second-order valence-electron chi connectivity index (χ2n) is 5.15. The smallest absolute Gasteiger partial charge is 0.323 e. The average Bonchev–Trinajstić information content (AvgIpc) is 2.40. The van der Waals surface area contributed by atoms with Crippen LogP contribution in [0.25, 0.3) is 0 Å². The van der Waals surface area contributed by atoms with Crippen LogP contribution < -0.4 is 10.5 Å². The second-order valence-corrected chi connectivity index (χ2v) is 5.15. The van der Waals surface area contributed by atoms with Gasteiger partial charge in [0.2, 0.25) is 0 Å². The van der Waals surface area contributed by atoms with Gasteiger partial charge in [-0.2, -0.15) is 0 Å². The first-order valence-electron chi connectivity index (χ1n) is 6.80. The Hall–Kier alpha value is -1.59. The number of aliphatic carboxylic acids is 1. The molecule has 0 fully saturated rings. The van der Waals surface area contributed by atoms with Gasteiger partial charge in [0.05, 0.1) is 6.61 Å². The number of hydrogen-bond acceptors (Lipinski definition) is 4. The standard InChI is InChI=1S/C15H23NO4/c1-15(16,14(18)19)9-2-3-11-20-13-6-4-12(5-7-13)8-10-17/h4-7,17H,2-3,8-11,16H2,1H3,(H,18,19). The predicted molar refractivity (Wildman–Crippen MR) is 76.8 cm³/mol. The van der Waals surface area contributed by atoms with E-state index >= 15 is 0 Å². The van der Waals surface area contributed by atoms with Crippen molar-refractivity contribution < 1.29 is 19.7 Å². The molecule has 0 aliphatic carbocycles. The molecule has 1 aromatic carbocycles. The highest BCUT2D eigenvalue weighted by Crippen LogP contribution is 2.14. The zero-order valence-corrected chi connectivity index (χ0v) is 11.8. The van der Waals surface area contributed by atoms with Crippen molar-refractivity contribution in [3.8, 4) is 5.75 Å². The minimum Gasteiger partial charge on any atom is -0.494 e. The molecule has 0 amide bonds. The SMILES string of the molecule is CC(N)(CCCCOc1ccc(CCO)cc1)C(=O)O. The lowest BCUT2D eigenvalue weighted by Gasteiger charge is -2.18. The molecule has 0 saturated heterocycles. The van der Waals surface area contributed by atoms with E-state index in [1.165, 1.54) is 6.92 Å². The lowest BCUT2D eigenvalue weighted by Crippen LogP contribution is -2.44. The quantitative estimate of drug-likeness (QED) is 0.597. The fraction of sp³-hybridized carbons (Fsp3) is 0.533. The molecule has 5 nitrogen and oxygen atoms in total. The van der Waals surface area contributed by atoms with Crippen LogP contribution in [-0.4, -0.2) is 34.9 Å². The molecule has 112 valence electrons. The summed E-state index contributed by atoms with van der Waals surface area (Å²) in [6.07, 6.45) is 2.55. The number of aliphatic hydroxyl groups is 1. The van der Waals surface area contributed by atoms with E-state index in [0.29, 0.717) is 25.9 Å². The van der Waals surface area contributed by atoms with Gasteiger partial charge in [0, 0.05) is 6.61 Å². The van der Waals surface area contributed by atoms with Crippen LogP contribution in [0, 0.1) is 0 Å². The summed E-state index contributed by atoms with van der Waals surface area (Å²) in [5.41, 5.74) is 5.55. The minimum atomic E-state index is -1.16. The van der Waals surface area contributed by atoms with Crippen molar-refractivity contribution in [2.24, 2.45) is 5.73 Å². The van der Waals surface area contributed by atoms with Crippen LogP contribution >= 0.6 is 0 Å². The lowest BCUT2D eigenvalue weighted by molar-refractivity contribution is -0.142. The summed E-state index contributed by atoms with van der Waals surface area (Å²) < 4.78 is 5.56. The van der Waals surface area contributed by atoms with Crippen molar-refractivity contribution in [2.45, 2.75) is 38.1 Å². The Labute approximate surface area is 119 Å². The molecule has 0 saturated carbocycles. The highest BCUT2D eigenvalue weighted by Gasteiger charge is 2.26. The maximum atomic E-state index is 10.8. The van der Waals surface area contributed by atoms with E-state index < -0.39 is 11.5 Å². The van der Waals surface area contributed by atoms with Crippen molar-refractivity contribution in [3.63, 3.8) is 0 Å². The van der Waals surface area contributed by atoms with Crippen molar-refractivity contribution in [1.82, 2.24) is 0 Å². The first kappa shape index (κ1) is 16.5. The van der Waals surface area contributed by atoms with Crippen molar-refractivity contribution in [3.05, 3.63) is 29.8 Å². The fourth-order valence-corrected chi connectivity index (χ4v) is 1.77. The lowest BCUT2D eigenvalue weighted by atomic mass is 9.97. The molecule has 0 bridgehead atoms. The van der Waals surface area contributed by atoms with E-state index in [9.17, 15) is 4.79 Å². The second kappa shape index (κ2) is 7.87. The molecule has 0 spiro atoms. The van der Waals surface area contributed by atoms with Gasteiger partial charge in [-0.05, 0) is 50.3 Å². The summed E-state index contributed by atoms with van der Waals surface area (Å²) >= 11 is 0. The molecular weight excluding hydrogens is 258 g/mol. The van der Waals surface area contributed by atoms with Gasteiger partial charge >= 0.3 is 5.97 Å². The Morgan fingerprint density at radius 3 is 2.50 bits per heavy atom. The number of aliphatic hydroxyl groups excluding tert-OH is 1. The minimum absolute atomic E-state index is 0.141. The predicted octanol–water partition coefficient (Wildman–Crippen LogP) is 1.57. The molecule has 4 N–H and O–H groups in total. The third-order valence-corrected chi connectivity index (χ3v) is 3.17. The molecule has 0 aromatic heterocycles. The van der Waals surface area contributed by atoms with E-state index in [2.05, 4.69) is 0 Å². The third kappa shape index (κ3) is 5.59. The van der Waals surface area contributed by atoms with Gasteiger partial charge in [0.25, 0.3) is 0 Å². The Kier molecular flexibility index (Phi) is 6.48. The maximum Gasteiger partial charge on any atom is 0.323 e. The van der Waals surface area contributed by atoms with Crippen LogP contribution in [0.15, 0.2) is 24.3 Å². The summed E-state index contributed by atoms with van der Waals surface area (Å²) in [6, 6.07) is 7.59. The highest BCUT2D eigenvalue weighted by molar-refractivity contribution is 5.77. The number of carbonyl (C=O) groups is 1. The molecule has 0 aliphatic heterocycles. The molecule has 0 aliphatic rings. The number of benzene rings is 1. The average molecular weight is 281 g/mol. The maximum absolute atomic E-state index is 10.8. The summed E-state index contributed by atoms with van der Waals surface area (Å²) in [5, 5.41) is 17.7. The number of nitrogens with two attached hydrogens (primary N) is 1. The summed E-state index contributed by atoms with van der Waals surface area (Å²) in [5.74, 6) is -0.196. The van der Waals surface area contributed by atoms with E-state index in [0.717, 1.165) is 17.7 Å². The number of hydrogen-bond donors (Lipinski definition) is 3.